The van der Waals surface area contributed by atoms with Crippen LogP contribution in [0, 0.1) is 5.92 Å². The van der Waals surface area contributed by atoms with Crippen LogP contribution >= 0.6 is 0 Å². The topological polar surface area (TPSA) is 72.5 Å². The quantitative estimate of drug-likeness (QED) is 0.836. The van der Waals surface area contributed by atoms with Gasteiger partial charge in [0, 0.05) is 0 Å². The lowest BCUT2D eigenvalue weighted by Gasteiger charge is -2.09. The number of imide groups is 1. The number of hydrogen-bond acceptors (Lipinski definition) is 4. The number of carbonyl (C=O) groups excluding carboxylic acids is 3. The van der Waals surface area contributed by atoms with Crippen molar-refractivity contribution in [2.45, 2.75) is 32.1 Å². The first kappa shape index (κ1) is 15.2. The summed E-state index contributed by atoms with van der Waals surface area (Å²) in [6.07, 6.45) is 3.84. The lowest BCUT2D eigenvalue weighted by atomic mass is 10.1. The first-order valence-electron chi connectivity index (χ1n) is 7.18. The third kappa shape index (κ3) is 5.02. The molecule has 0 atom stereocenters. The average Bonchev–Trinajstić information content (AvgIpc) is 3.00. The van der Waals surface area contributed by atoms with Crippen LogP contribution in [0.1, 0.15) is 31.2 Å². The fourth-order valence-electron chi connectivity index (χ4n) is 2.43. The molecule has 0 radical (unpaired) electrons. The summed E-state index contributed by atoms with van der Waals surface area (Å²) in [5.41, 5.74) is 0.825. The molecular formula is C16H19NO4. The van der Waals surface area contributed by atoms with Gasteiger partial charge in [0.1, 0.15) is 0 Å². The Bertz CT molecular complexity index is 506. The molecule has 1 N–H and O–H groups in total. The molecule has 112 valence electrons. The standard InChI is InChI=1S/C16H19NO4/c18-14(10-12-6-2-1-3-7-12)17-15(19)11-21-16(20)13-8-4-5-9-13/h1-3,6-7,13H,4-5,8-11H2,(H,17,18,19). The molecule has 1 saturated carbocycles. The van der Waals surface area contributed by atoms with Crippen molar-refractivity contribution in [2.75, 3.05) is 6.61 Å². The van der Waals surface area contributed by atoms with Gasteiger partial charge in [-0.3, -0.25) is 19.7 Å². The summed E-state index contributed by atoms with van der Waals surface area (Å²) in [4.78, 5) is 34.8. The highest BCUT2D eigenvalue weighted by atomic mass is 16.5. The first-order valence-corrected chi connectivity index (χ1v) is 7.18. The maximum Gasteiger partial charge on any atom is 0.309 e. The summed E-state index contributed by atoms with van der Waals surface area (Å²) in [6.45, 7) is -0.393. The van der Waals surface area contributed by atoms with E-state index in [0.717, 1.165) is 31.2 Å². The predicted octanol–water partition coefficient (Wildman–Crippen LogP) is 1.61. The van der Waals surface area contributed by atoms with Gasteiger partial charge in [-0.25, -0.2) is 0 Å². The van der Waals surface area contributed by atoms with E-state index in [-0.39, 0.29) is 18.3 Å². The third-order valence-corrected chi connectivity index (χ3v) is 3.52. The van der Waals surface area contributed by atoms with Crippen LogP contribution in [0.15, 0.2) is 30.3 Å². The zero-order chi connectivity index (χ0) is 15.1. The number of carbonyl (C=O) groups is 3. The van der Waals surface area contributed by atoms with E-state index in [1.807, 2.05) is 30.3 Å². The summed E-state index contributed by atoms with van der Waals surface area (Å²) >= 11 is 0. The van der Waals surface area contributed by atoms with Gasteiger partial charge in [-0.2, -0.15) is 0 Å². The molecule has 1 aliphatic carbocycles. The van der Waals surface area contributed by atoms with Crippen LogP contribution in [0.2, 0.25) is 0 Å². The van der Waals surface area contributed by atoms with Crippen molar-refractivity contribution in [1.82, 2.24) is 5.32 Å². The van der Waals surface area contributed by atoms with Crippen molar-refractivity contribution >= 4 is 17.8 Å². The Morgan fingerprint density at radius 3 is 2.38 bits per heavy atom. The van der Waals surface area contributed by atoms with E-state index in [1.54, 1.807) is 0 Å². The van der Waals surface area contributed by atoms with Crippen molar-refractivity contribution in [2.24, 2.45) is 5.92 Å². The maximum absolute atomic E-state index is 11.7. The summed E-state index contributed by atoms with van der Waals surface area (Å²) in [6, 6.07) is 9.13. The molecule has 2 amide bonds. The van der Waals surface area contributed by atoms with Gasteiger partial charge >= 0.3 is 5.97 Å². The minimum atomic E-state index is -0.581. The zero-order valence-electron chi connectivity index (χ0n) is 11.8. The van der Waals surface area contributed by atoms with Crippen LogP contribution in [0.4, 0.5) is 0 Å². The number of rotatable bonds is 5. The second-order valence-corrected chi connectivity index (χ2v) is 5.22. The normalized spacial score (nSPS) is 14.7. The van der Waals surface area contributed by atoms with Crippen molar-refractivity contribution in [1.29, 1.82) is 0 Å². The number of amides is 2. The lowest BCUT2D eigenvalue weighted by Crippen LogP contribution is -2.35. The number of benzene rings is 1. The van der Waals surface area contributed by atoms with E-state index in [9.17, 15) is 14.4 Å². The second kappa shape index (κ2) is 7.57. The SMILES string of the molecule is O=C(COC(=O)C1CCCC1)NC(=O)Cc1ccccc1. The molecule has 0 saturated heterocycles. The molecule has 0 heterocycles. The van der Waals surface area contributed by atoms with Crippen molar-refractivity contribution < 1.29 is 19.1 Å². The van der Waals surface area contributed by atoms with Gasteiger partial charge in [-0.15, -0.1) is 0 Å². The Labute approximate surface area is 123 Å². The second-order valence-electron chi connectivity index (χ2n) is 5.22. The molecule has 1 aliphatic rings. The van der Waals surface area contributed by atoms with E-state index in [2.05, 4.69) is 5.32 Å². The highest BCUT2D eigenvalue weighted by Crippen LogP contribution is 2.25. The van der Waals surface area contributed by atoms with Crippen LogP contribution in [0.25, 0.3) is 0 Å². The van der Waals surface area contributed by atoms with Gasteiger partial charge < -0.3 is 4.74 Å². The third-order valence-electron chi connectivity index (χ3n) is 3.52. The Kier molecular flexibility index (Phi) is 5.49. The summed E-state index contributed by atoms with van der Waals surface area (Å²) in [7, 11) is 0. The monoisotopic (exact) mass is 289 g/mol. The molecule has 0 bridgehead atoms. The molecule has 1 fully saturated rings. The van der Waals surface area contributed by atoms with Crippen LogP contribution in [0.5, 0.6) is 0 Å². The van der Waals surface area contributed by atoms with E-state index in [1.165, 1.54) is 0 Å². The van der Waals surface area contributed by atoms with Gasteiger partial charge in [0.05, 0.1) is 12.3 Å². The number of nitrogens with one attached hydrogen (secondary N) is 1. The highest BCUT2D eigenvalue weighted by molar-refractivity contribution is 5.97. The minimum absolute atomic E-state index is 0.0854. The van der Waals surface area contributed by atoms with Gasteiger partial charge in [0.15, 0.2) is 6.61 Å². The fourth-order valence-corrected chi connectivity index (χ4v) is 2.43. The molecule has 0 unspecified atom stereocenters. The van der Waals surface area contributed by atoms with Crippen LogP contribution in [0.3, 0.4) is 0 Å². The van der Waals surface area contributed by atoms with Crippen molar-refractivity contribution in [3.8, 4) is 0 Å². The number of hydrogen-bond donors (Lipinski definition) is 1. The Balaban J connectivity index is 1.69. The molecule has 0 aromatic heterocycles. The molecule has 0 aliphatic heterocycles. The highest BCUT2D eigenvalue weighted by Gasteiger charge is 2.24. The Hall–Kier alpha value is -2.17. The summed E-state index contributed by atoms with van der Waals surface area (Å²) < 4.78 is 4.94. The smallest absolute Gasteiger partial charge is 0.309 e. The van der Waals surface area contributed by atoms with Crippen molar-refractivity contribution in [3.63, 3.8) is 0 Å². The van der Waals surface area contributed by atoms with Crippen LogP contribution in [-0.4, -0.2) is 24.4 Å². The van der Waals surface area contributed by atoms with Crippen LogP contribution in [-0.2, 0) is 25.5 Å². The van der Waals surface area contributed by atoms with Crippen LogP contribution < -0.4 is 5.32 Å². The summed E-state index contributed by atoms with van der Waals surface area (Å²) in [5, 5.41) is 2.22. The Morgan fingerprint density at radius 2 is 1.71 bits per heavy atom. The van der Waals surface area contributed by atoms with E-state index < -0.39 is 18.4 Å². The number of esters is 1. The van der Waals surface area contributed by atoms with Gasteiger partial charge in [0.2, 0.25) is 5.91 Å². The fraction of sp³-hybridized carbons (Fsp3) is 0.438. The molecule has 5 nitrogen and oxygen atoms in total. The molecule has 2 rings (SSSR count). The van der Waals surface area contributed by atoms with E-state index >= 15 is 0 Å². The lowest BCUT2D eigenvalue weighted by molar-refractivity contribution is -0.153. The van der Waals surface area contributed by atoms with E-state index in [0.29, 0.717) is 0 Å². The molecule has 1 aromatic carbocycles. The number of ether oxygens (including phenoxy) is 1. The van der Waals surface area contributed by atoms with Gasteiger partial charge in [0.25, 0.3) is 5.91 Å². The largest absolute Gasteiger partial charge is 0.455 e. The molecule has 1 aromatic rings. The first-order chi connectivity index (χ1) is 10.1. The predicted molar refractivity (Wildman–Crippen MR) is 76.2 cm³/mol. The molecule has 21 heavy (non-hydrogen) atoms. The zero-order valence-corrected chi connectivity index (χ0v) is 11.8. The molecule has 0 spiro atoms. The molecular weight excluding hydrogens is 270 g/mol. The van der Waals surface area contributed by atoms with Crippen molar-refractivity contribution in [3.05, 3.63) is 35.9 Å². The van der Waals surface area contributed by atoms with Gasteiger partial charge in [-0.05, 0) is 18.4 Å². The minimum Gasteiger partial charge on any atom is -0.455 e. The average molecular weight is 289 g/mol. The Morgan fingerprint density at radius 1 is 1.05 bits per heavy atom. The maximum atomic E-state index is 11.7. The summed E-state index contributed by atoms with van der Waals surface area (Å²) in [5.74, 6) is -1.40. The van der Waals surface area contributed by atoms with E-state index in [4.69, 9.17) is 4.74 Å². The molecule has 5 heteroatoms. The van der Waals surface area contributed by atoms with Gasteiger partial charge in [-0.1, -0.05) is 43.2 Å².